The summed E-state index contributed by atoms with van der Waals surface area (Å²) in [6, 6.07) is 3.66. The van der Waals surface area contributed by atoms with Crippen LogP contribution in [0.3, 0.4) is 0 Å². The lowest BCUT2D eigenvalue weighted by molar-refractivity contribution is -0.143. The Bertz CT molecular complexity index is 673. The zero-order valence-electron chi connectivity index (χ0n) is 11.7. The molecule has 1 aromatic carbocycles. The molecule has 8 heteroatoms. The molecule has 0 amide bonds. The summed E-state index contributed by atoms with van der Waals surface area (Å²) in [7, 11) is 1.31. The molecule has 2 rings (SSSR count). The van der Waals surface area contributed by atoms with E-state index in [-0.39, 0.29) is 12.3 Å². The van der Waals surface area contributed by atoms with Crippen molar-refractivity contribution in [1.82, 2.24) is 0 Å². The van der Waals surface area contributed by atoms with E-state index in [0.717, 1.165) is 12.7 Å². The number of carbonyl (C=O) groups is 2. The first-order valence-electron chi connectivity index (χ1n) is 6.08. The molecule has 1 aliphatic heterocycles. The molecular weight excluding hydrogens is 516 g/mol. The van der Waals surface area contributed by atoms with Gasteiger partial charge in [0.05, 0.1) is 14.3 Å². The van der Waals surface area contributed by atoms with Crippen LogP contribution in [0.5, 0.6) is 5.75 Å². The average molecular weight is 527 g/mol. The molecular formula is C14H11I2NO5. The van der Waals surface area contributed by atoms with E-state index in [1.54, 1.807) is 13.0 Å². The molecule has 6 nitrogen and oxygen atoms in total. The summed E-state index contributed by atoms with van der Waals surface area (Å²) in [4.78, 5) is 26.7. The molecule has 0 spiro atoms. The third-order valence-corrected chi connectivity index (χ3v) is 4.22. The zero-order chi connectivity index (χ0) is 16.3. The second-order valence-corrected chi connectivity index (χ2v) is 6.55. The second-order valence-electron chi connectivity index (χ2n) is 4.23. The van der Waals surface area contributed by atoms with Crippen molar-refractivity contribution in [2.24, 2.45) is 4.99 Å². The van der Waals surface area contributed by atoms with Gasteiger partial charge in [0.25, 0.3) is 0 Å². The van der Waals surface area contributed by atoms with E-state index in [2.05, 4.69) is 54.9 Å². The van der Waals surface area contributed by atoms with E-state index in [1.165, 1.54) is 7.11 Å². The quantitative estimate of drug-likeness (QED) is 0.343. The van der Waals surface area contributed by atoms with E-state index in [1.807, 2.05) is 12.1 Å². The maximum absolute atomic E-state index is 11.6. The summed E-state index contributed by atoms with van der Waals surface area (Å²) < 4.78 is 16.5. The number of nitrogens with zero attached hydrogens (tertiary/aromatic N) is 1. The first-order chi connectivity index (χ1) is 10.4. The fourth-order valence-corrected chi connectivity index (χ4v) is 3.79. The van der Waals surface area contributed by atoms with Crippen molar-refractivity contribution in [3.63, 3.8) is 0 Å². The topological polar surface area (TPSA) is 74.2 Å². The number of benzene rings is 1. The minimum absolute atomic E-state index is 0.154. The third kappa shape index (κ3) is 4.18. The van der Waals surface area contributed by atoms with E-state index in [4.69, 9.17) is 9.47 Å². The number of ether oxygens (including phenoxy) is 3. The van der Waals surface area contributed by atoms with Gasteiger partial charge in [0, 0.05) is 6.92 Å². The van der Waals surface area contributed by atoms with Crippen LogP contribution in [-0.2, 0) is 19.1 Å². The average Bonchev–Trinajstić information content (AvgIpc) is 2.75. The number of methoxy groups -OCH3 is 1. The summed E-state index contributed by atoms with van der Waals surface area (Å²) in [5.41, 5.74) is 1.05. The van der Waals surface area contributed by atoms with Crippen LogP contribution in [0, 0.1) is 7.14 Å². The predicted molar refractivity (Wildman–Crippen MR) is 96.6 cm³/mol. The van der Waals surface area contributed by atoms with Gasteiger partial charge in [-0.2, -0.15) is 0 Å². The molecule has 0 unspecified atom stereocenters. The van der Waals surface area contributed by atoms with Crippen LogP contribution in [-0.4, -0.2) is 31.6 Å². The van der Waals surface area contributed by atoms with Crippen molar-refractivity contribution in [2.75, 3.05) is 13.7 Å². The highest BCUT2D eigenvalue weighted by Gasteiger charge is 2.20. The van der Waals surface area contributed by atoms with Crippen molar-refractivity contribution in [2.45, 2.75) is 6.92 Å². The van der Waals surface area contributed by atoms with Crippen molar-refractivity contribution >= 4 is 69.1 Å². The van der Waals surface area contributed by atoms with Crippen LogP contribution < -0.4 is 4.74 Å². The molecule has 1 aliphatic rings. The van der Waals surface area contributed by atoms with E-state index in [0.29, 0.717) is 11.6 Å². The third-order valence-electron chi connectivity index (χ3n) is 2.61. The minimum Gasteiger partial charge on any atom is -0.480 e. The predicted octanol–water partition coefficient (Wildman–Crippen LogP) is 2.76. The first kappa shape index (κ1) is 17.2. The Labute approximate surface area is 154 Å². The number of hydrogen-bond acceptors (Lipinski definition) is 6. The summed E-state index contributed by atoms with van der Waals surface area (Å²) in [6.07, 6.45) is 1.65. The lowest BCUT2D eigenvalue weighted by atomic mass is 10.2. The van der Waals surface area contributed by atoms with Crippen LogP contribution in [0.15, 0.2) is 22.8 Å². The molecule has 22 heavy (non-hydrogen) atoms. The Morgan fingerprint density at radius 1 is 1.36 bits per heavy atom. The number of hydrogen-bond donors (Lipinski definition) is 0. The maximum atomic E-state index is 11.6. The van der Waals surface area contributed by atoms with Crippen LogP contribution in [0.2, 0.25) is 0 Å². The Morgan fingerprint density at radius 3 is 2.50 bits per heavy atom. The number of cyclic esters (lactones) is 1. The lowest BCUT2D eigenvalue weighted by Crippen LogP contribution is -2.13. The fraction of sp³-hybridized carbons (Fsp3) is 0.214. The second kappa shape index (κ2) is 7.40. The molecule has 0 bridgehead atoms. The highest BCUT2D eigenvalue weighted by atomic mass is 127. The molecule has 0 N–H and O–H groups in total. The van der Waals surface area contributed by atoms with Crippen LogP contribution in [0.25, 0.3) is 6.08 Å². The van der Waals surface area contributed by atoms with E-state index < -0.39 is 11.9 Å². The van der Waals surface area contributed by atoms with Gasteiger partial charge in [-0.25, -0.2) is 14.6 Å². The summed E-state index contributed by atoms with van der Waals surface area (Å²) in [6.45, 7) is 1.47. The van der Waals surface area contributed by atoms with Crippen LogP contribution in [0.4, 0.5) is 0 Å². The van der Waals surface area contributed by atoms with Gasteiger partial charge in [0.15, 0.2) is 18.2 Å². The van der Waals surface area contributed by atoms with Gasteiger partial charge in [-0.3, -0.25) is 0 Å². The summed E-state index contributed by atoms with van der Waals surface area (Å²) in [5, 5.41) is 0. The van der Waals surface area contributed by atoms with Gasteiger partial charge < -0.3 is 14.2 Å². The largest absolute Gasteiger partial charge is 0.480 e. The first-order valence-corrected chi connectivity index (χ1v) is 8.24. The summed E-state index contributed by atoms with van der Waals surface area (Å²) in [5.74, 6) is 0.0194. The van der Waals surface area contributed by atoms with Crippen molar-refractivity contribution < 1.29 is 23.8 Å². The van der Waals surface area contributed by atoms with Gasteiger partial charge in [0.1, 0.15) is 5.75 Å². The number of aliphatic imine (C=N–C) groups is 1. The number of halogens is 2. The van der Waals surface area contributed by atoms with E-state index in [9.17, 15) is 9.59 Å². The smallest absolute Gasteiger partial charge is 0.363 e. The molecule has 0 atom stereocenters. The molecule has 0 aromatic heterocycles. The Morgan fingerprint density at radius 2 is 2.00 bits per heavy atom. The molecule has 0 saturated carbocycles. The highest BCUT2D eigenvalue weighted by Crippen LogP contribution is 2.30. The van der Waals surface area contributed by atoms with Crippen molar-refractivity contribution in [3.05, 3.63) is 30.5 Å². The fourth-order valence-electron chi connectivity index (χ4n) is 1.66. The molecule has 0 aliphatic carbocycles. The minimum atomic E-state index is -0.464. The van der Waals surface area contributed by atoms with Gasteiger partial charge >= 0.3 is 11.9 Å². The summed E-state index contributed by atoms with van der Waals surface area (Å²) >= 11 is 4.21. The number of esters is 2. The number of rotatable bonds is 4. The van der Waals surface area contributed by atoms with Gasteiger partial charge in [-0.15, -0.1) is 0 Å². The number of carbonyl (C=O) groups excluding carboxylic acids is 2. The SMILES string of the molecule is COC(=O)COc1c(I)cc(C=C2N=C(C)OC2=O)cc1I. The maximum Gasteiger partial charge on any atom is 0.363 e. The van der Waals surface area contributed by atoms with E-state index >= 15 is 0 Å². The highest BCUT2D eigenvalue weighted by molar-refractivity contribution is 14.1. The molecule has 0 radical (unpaired) electrons. The Hall–Kier alpha value is -1.17. The molecule has 0 fully saturated rings. The van der Waals surface area contributed by atoms with Crippen molar-refractivity contribution in [3.8, 4) is 5.75 Å². The molecule has 116 valence electrons. The standard InChI is InChI=1S/C14H11I2NO5/c1-7-17-11(14(19)22-7)5-8-3-9(15)13(10(16)4-8)21-6-12(18)20-2/h3-5H,6H2,1-2H3. The Kier molecular flexibility index (Phi) is 5.78. The zero-order valence-corrected chi connectivity index (χ0v) is 16.0. The monoisotopic (exact) mass is 527 g/mol. The molecule has 0 saturated heterocycles. The van der Waals surface area contributed by atoms with Crippen LogP contribution in [0.1, 0.15) is 12.5 Å². The van der Waals surface area contributed by atoms with Gasteiger partial charge in [0.2, 0.25) is 0 Å². The Balaban J connectivity index is 2.25. The lowest BCUT2D eigenvalue weighted by Gasteiger charge is -2.10. The van der Waals surface area contributed by atoms with Gasteiger partial charge in [-0.1, -0.05) is 0 Å². The van der Waals surface area contributed by atoms with Crippen molar-refractivity contribution in [1.29, 1.82) is 0 Å². The van der Waals surface area contributed by atoms with Gasteiger partial charge in [-0.05, 0) is 69.0 Å². The molecule has 1 heterocycles. The molecule has 1 aromatic rings. The van der Waals surface area contributed by atoms with Crippen LogP contribution >= 0.6 is 45.2 Å². The normalized spacial score (nSPS) is 15.5.